The lowest BCUT2D eigenvalue weighted by molar-refractivity contribution is 0.135. The Hall–Kier alpha value is -1.09. The van der Waals surface area contributed by atoms with Crippen LogP contribution in [0.25, 0.3) is 0 Å². The maximum absolute atomic E-state index is 13.3. The summed E-state index contributed by atoms with van der Waals surface area (Å²) in [6.45, 7) is 4.60. The van der Waals surface area contributed by atoms with Crippen molar-refractivity contribution in [1.29, 1.82) is 0 Å². The van der Waals surface area contributed by atoms with E-state index in [1.807, 2.05) is 6.07 Å². The van der Waals surface area contributed by atoms with Crippen LogP contribution in [-0.4, -0.2) is 17.3 Å². The van der Waals surface area contributed by atoms with E-state index >= 15 is 0 Å². The van der Waals surface area contributed by atoms with Crippen molar-refractivity contribution in [2.75, 3.05) is 11.9 Å². The van der Waals surface area contributed by atoms with Gasteiger partial charge in [0.05, 0.1) is 12.1 Å². The van der Waals surface area contributed by atoms with E-state index in [1.54, 1.807) is 6.07 Å². The molecular formula is C17H26FNO. The molecule has 20 heavy (non-hydrogen) atoms. The minimum atomic E-state index is -0.286. The van der Waals surface area contributed by atoms with Gasteiger partial charge >= 0.3 is 0 Å². The Balaban J connectivity index is 2.08. The smallest absolute Gasteiger partial charge is 0.125 e. The number of benzene rings is 1. The second kappa shape index (κ2) is 6.57. The molecule has 0 heterocycles. The van der Waals surface area contributed by atoms with Gasteiger partial charge in [0.1, 0.15) is 5.82 Å². The van der Waals surface area contributed by atoms with Crippen LogP contribution in [0.1, 0.15) is 46.0 Å². The third kappa shape index (κ3) is 3.95. The van der Waals surface area contributed by atoms with Gasteiger partial charge in [0.2, 0.25) is 0 Å². The Morgan fingerprint density at radius 2 is 2.25 bits per heavy atom. The SMILES string of the molecule is CC(C)CC1CCCC(CO)(Nc2cccc(F)c2)C1. The van der Waals surface area contributed by atoms with Crippen LogP contribution in [0.5, 0.6) is 0 Å². The predicted octanol–water partition coefficient (Wildman–Crippen LogP) is 4.21. The molecule has 2 unspecified atom stereocenters. The standard InChI is InChI=1S/C17H26FNO/c1-13(2)9-14-5-4-8-17(11-14,12-20)19-16-7-3-6-15(18)10-16/h3,6-7,10,13-14,19-20H,4-5,8-9,11-12H2,1-2H3. The molecular weight excluding hydrogens is 253 g/mol. The number of aliphatic hydroxyl groups is 1. The second-order valence-corrected chi connectivity index (χ2v) is 6.67. The van der Waals surface area contributed by atoms with Gasteiger partial charge < -0.3 is 10.4 Å². The Morgan fingerprint density at radius 3 is 2.90 bits per heavy atom. The van der Waals surface area contributed by atoms with E-state index in [9.17, 15) is 9.50 Å². The zero-order chi connectivity index (χ0) is 14.6. The van der Waals surface area contributed by atoms with E-state index in [-0.39, 0.29) is 18.0 Å². The molecule has 1 aliphatic rings. The van der Waals surface area contributed by atoms with Gasteiger partial charge in [-0.25, -0.2) is 4.39 Å². The summed E-state index contributed by atoms with van der Waals surface area (Å²) in [4.78, 5) is 0. The van der Waals surface area contributed by atoms with Crippen LogP contribution in [0.2, 0.25) is 0 Å². The minimum Gasteiger partial charge on any atom is -0.394 e. The molecule has 0 radical (unpaired) electrons. The number of aliphatic hydroxyl groups excluding tert-OH is 1. The molecule has 2 N–H and O–H groups in total. The Bertz CT molecular complexity index is 435. The normalized spacial score (nSPS) is 26.8. The molecule has 0 bridgehead atoms. The topological polar surface area (TPSA) is 32.3 Å². The molecule has 1 aliphatic carbocycles. The zero-order valence-electron chi connectivity index (χ0n) is 12.5. The fourth-order valence-corrected chi connectivity index (χ4v) is 3.52. The molecule has 0 saturated heterocycles. The Morgan fingerprint density at radius 1 is 1.45 bits per heavy atom. The molecule has 112 valence electrons. The first kappa shape index (κ1) is 15.3. The molecule has 2 rings (SSSR count). The van der Waals surface area contributed by atoms with E-state index in [2.05, 4.69) is 19.2 Å². The molecule has 2 nitrogen and oxygen atoms in total. The number of hydrogen-bond donors (Lipinski definition) is 2. The first-order chi connectivity index (χ1) is 9.53. The van der Waals surface area contributed by atoms with Crippen LogP contribution < -0.4 is 5.32 Å². The third-order valence-corrected chi connectivity index (χ3v) is 4.29. The Labute approximate surface area is 121 Å². The highest BCUT2D eigenvalue weighted by Crippen LogP contribution is 2.37. The van der Waals surface area contributed by atoms with Gasteiger partial charge in [0, 0.05) is 5.69 Å². The van der Waals surface area contributed by atoms with Crippen LogP contribution in [0.4, 0.5) is 10.1 Å². The van der Waals surface area contributed by atoms with Crippen molar-refractivity contribution in [3.63, 3.8) is 0 Å². The first-order valence-corrected chi connectivity index (χ1v) is 7.67. The van der Waals surface area contributed by atoms with Crippen molar-refractivity contribution in [1.82, 2.24) is 0 Å². The fraction of sp³-hybridized carbons (Fsp3) is 0.647. The molecule has 1 saturated carbocycles. The van der Waals surface area contributed by atoms with Crippen molar-refractivity contribution >= 4 is 5.69 Å². The van der Waals surface area contributed by atoms with E-state index in [0.29, 0.717) is 11.8 Å². The van der Waals surface area contributed by atoms with Gasteiger partial charge in [-0.05, 0) is 49.3 Å². The Kier molecular flexibility index (Phi) is 5.03. The first-order valence-electron chi connectivity index (χ1n) is 7.67. The predicted molar refractivity (Wildman–Crippen MR) is 81.3 cm³/mol. The van der Waals surface area contributed by atoms with Crippen molar-refractivity contribution in [2.24, 2.45) is 11.8 Å². The van der Waals surface area contributed by atoms with Crippen molar-refractivity contribution < 1.29 is 9.50 Å². The summed E-state index contributed by atoms with van der Waals surface area (Å²) in [5.41, 5.74) is 0.482. The number of rotatable bonds is 5. The highest BCUT2D eigenvalue weighted by atomic mass is 19.1. The average Bonchev–Trinajstić information content (AvgIpc) is 2.38. The highest BCUT2D eigenvalue weighted by Gasteiger charge is 2.35. The summed E-state index contributed by atoms with van der Waals surface area (Å²) in [6, 6.07) is 6.52. The summed E-state index contributed by atoms with van der Waals surface area (Å²) >= 11 is 0. The van der Waals surface area contributed by atoms with Crippen molar-refractivity contribution in [3.05, 3.63) is 30.1 Å². The third-order valence-electron chi connectivity index (χ3n) is 4.29. The summed E-state index contributed by atoms with van der Waals surface area (Å²) in [7, 11) is 0. The lowest BCUT2D eigenvalue weighted by atomic mass is 9.73. The lowest BCUT2D eigenvalue weighted by Gasteiger charge is -2.41. The molecule has 0 amide bonds. The van der Waals surface area contributed by atoms with E-state index in [0.717, 1.165) is 24.9 Å². The molecule has 3 heteroatoms. The van der Waals surface area contributed by atoms with Gasteiger partial charge in [-0.3, -0.25) is 0 Å². The van der Waals surface area contributed by atoms with Gasteiger partial charge in [-0.2, -0.15) is 0 Å². The monoisotopic (exact) mass is 279 g/mol. The van der Waals surface area contributed by atoms with Crippen LogP contribution in [0.15, 0.2) is 24.3 Å². The molecule has 1 aromatic rings. The number of anilines is 1. The van der Waals surface area contributed by atoms with E-state index < -0.39 is 0 Å². The van der Waals surface area contributed by atoms with Gasteiger partial charge in [0.15, 0.2) is 0 Å². The number of halogens is 1. The summed E-state index contributed by atoms with van der Waals surface area (Å²) in [5.74, 6) is 1.10. The molecule has 0 aliphatic heterocycles. The zero-order valence-corrected chi connectivity index (χ0v) is 12.5. The van der Waals surface area contributed by atoms with Crippen molar-refractivity contribution in [2.45, 2.75) is 51.5 Å². The summed E-state index contributed by atoms with van der Waals surface area (Å²) < 4.78 is 13.3. The van der Waals surface area contributed by atoms with Gasteiger partial charge in [-0.15, -0.1) is 0 Å². The second-order valence-electron chi connectivity index (χ2n) is 6.67. The van der Waals surface area contributed by atoms with Crippen molar-refractivity contribution in [3.8, 4) is 0 Å². The van der Waals surface area contributed by atoms with Gasteiger partial charge in [0.25, 0.3) is 0 Å². The van der Waals surface area contributed by atoms with Gasteiger partial charge in [-0.1, -0.05) is 32.8 Å². The highest BCUT2D eigenvalue weighted by molar-refractivity contribution is 5.46. The average molecular weight is 279 g/mol. The fourth-order valence-electron chi connectivity index (χ4n) is 3.52. The minimum absolute atomic E-state index is 0.109. The number of hydrogen-bond acceptors (Lipinski definition) is 2. The summed E-state index contributed by atoms with van der Waals surface area (Å²) in [5, 5.41) is 13.3. The molecule has 1 fully saturated rings. The van der Waals surface area contributed by atoms with Crippen LogP contribution in [0, 0.1) is 17.7 Å². The van der Waals surface area contributed by atoms with E-state index in [4.69, 9.17) is 0 Å². The maximum Gasteiger partial charge on any atom is 0.125 e. The molecule has 0 spiro atoms. The number of nitrogens with one attached hydrogen (secondary N) is 1. The maximum atomic E-state index is 13.3. The molecule has 0 aromatic heterocycles. The van der Waals surface area contributed by atoms with Crippen LogP contribution >= 0.6 is 0 Å². The molecule has 2 atom stereocenters. The van der Waals surface area contributed by atoms with E-state index in [1.165, 1.54) is 25.0 Å². The quantitative estimate of drug-likeness (QED) is 0.846. The molecule has 1 aromatic carbocycles. The van der Waals surface area contributed by atoms with Crippen LogP contribution in [-0.2, 0) is 0 Å². The largest absolute Gasteiger partial charge is 0.394 e. The van der Waals surface area contributed by atoms with Crippen LogP contribution in [0.3, 0.4) is 0 Å². The lowest BCUT2D eigenvalue weighted by Crippen LogP contribution is -2.46. The summed E-state index contributed by atoms with van der Waals surface area (Å²) in [6.07, 6.45) is 5.49.